The summed E-state index contributed by atoms with van der Waals surface area (Å²) in [6.07, 6.45) is 3.58. The molecule has 0 fully saturated rings. The number of benzene rings is 2. The standard InChI is InChI=1S/C22H18BrFN4O3/c1-14-20(13-30-19-7-3-5-17(24)9-19)21(27-31-14)22(29)26-18-6-2-4-15(8-18)11-28-12-16(23)10-25-28/h2-10,12H,11,13H2,1H3,(H,26,29). The van der Waals surface area contributed by atoms with Crippen LogP contribution in [0.3, 0.4) is 0 Å². The van der Waals surface area contributed by atoms with E-state index in [0.29, 0.717) is 29.3 Å². The third-order valence-corrected chi connectivity index (χ3v) is 4.92. The number of ether oxygens (including phenoxy) is 1. The zero-order valence-electron chi connectivity index (χ0n) is 16.5. The minimum absolute atomic E-state index is 0.0236. The van der Waals surface area contributed by atoms with Crippen LogP contribution < -0.4 is 10.1 Å². The van der Waals surface area contributed by atoms with E-state index in [4.69, 9.17) is 9.26 Å². The molecule has 0 saturated heterocycles. The summed E-state index contributed by atoms with van der Waals surface area (Å²) in [6.45, 7) is 2.28. The highest BCUT2D eigenvalue weighted by Gasteiger charge is 2.21. The van der Waals surface area contributed by atoms with Gasteiger partial charge in [-0.3, -0.25) is 9.48 Å². The number of nitrogens with zero attached hydrogens (tertiary/aromatic N) is 3. The lowest BCUT2D eigenvalue weighted by Gasteiger charge is -2.09. The molecule has 31 heavy (non-hydrogen) atoms. The van der Waals surface area contributed by atoms with Crippen molar-refractivity contribution in [3.05, 3.63) is 93.8 Å². The Morgan fingerprint density at radius 3 is 2.87 bits per heavy atom. The SMILES string of the molecule is Cc1onc(C(=O)Nc2cccc(Cn3cc(Br)cn3)c2)c1COc1cccc(F)c1. The Labute approximate surface area is 185 Å². The van der Waals surface area contributed by atoms with Gasteiger partial charge in [0.2, 0.25) is 0 Å². The molecule has 0 radical (unpaired) electrons. The lowest BCUT2D eigenvalue weighted by molar-refractivity contribution is 0.101. The Hall–Kier alpha value is -3.46. The molecule has 0 saturated carbocycles. The molecule has 1 N–H and O–H groups in total. The summed E-state index contributed by atoms with van der Waals surface area (Å²) < 4.78 is 26.8. The van der Waals surface area contributed by atoms with Crippen LogP contribution >= 0.6 is 15.9 Å². The fourth-order valence-electron chi connectivity index (χ4n) is 3.00. The molecular formula is C22H18BrFN4O3. The van der Waals surface area contributed by atoms with E-state index < -0.39 is 11.7 Å². The maximum Gasteiger partial charge on any atom is 0.278 e. The van der Waals surface area contributed by atoms with Crippen molar-refractivity contribution >= 4 is 27.5 Å². The zero-order chi connectivity index (χ0) is 21.8. The van der Waals surface area contributed by atoms with E-state index in [-0.39, 0.29) is 12.3 Å². The minimum Gasteiger partial charge on any atom is -0.489 e. The number of hydrogen-bond acceptors (Lipinski definition) is 5. The largest absolute Gasteiger partial charge is 0.489 e. The molecule has 4 rings (SSSR count). The van der Waals surface area contributed by atoms with E-state index in [9.17, 15) is 9.18 Å². The van der Waals surface area contributed by atoms with Gasteiger partial charge in [-0.1, -0.05) is 23.4 Å². The van der Waals surface area contributed by atoms with Crippen molar-refractivity contribution in [3.8, 4) is 5.75 Å². The van der Waals surface area contributed by atoms with Crippen molar-refractivity contribution in [2.24, 2.45) is 0 Å². The average molecular weight is 485 g/mol. The maximum absolute atomic E-state index is 13.4. The van der Waals surface area contributed by atoms with Crippen LogP contribution in [0.4, 0.5) is 10.1 Å². The Morgan fingerprint density at radius 1 is 1.26 bits per heavy atom. The predicted octanol–water partition coefficient (Wildman–Crippen LogP) is 4.96. The molecule has 0 bridgehead atoms. The van der Waals surface area contributed by atoms with Crippen LogP contribution in [0.5, 0.6) is 5.75 Å². The normalized spacial score (nSPS) is 10.8. The van der Waals surface area contributed by atoms with Gasteiger partial charge in [0.05, 0.1) is 22.8 Å². The number of carbonyl (C=O) groups excluding carboxylic acids is 1. The summed E-state index contributed by atoms with van der Waals surface area (Å²) in [4.78, 5) is 12.8. The van der Waals surface area contributed by atoms with Gasteiger partial charge in [-0.05, 0) is 52.7 Å². The molecule has 0 aliphatic rings. The predicted molar refractivity (Wildman–Crippen MR) is 115 cm³/mol. The first-order valence-electron chi connectivity index (χ1n) is 9.40. The third-order valence-electron chi connectivity index (χ3n) is 4.51. The number of halogens is 2. The number of carbonyl (C=O) groups is 1. The summed E-state index contributed by atoms with van der Waals surface area (Å²) in [5, 5.41) is 10.9. The van der Waals surface area contributed by atoms with Crippen molar-refractivity contribution in [1.82, 2.24) is 14.9 Å². The molecule has 4 aromatic rings. The van der Waals surface area contributed by atoms with Gasteiger partial charge in [-0.25, -0.2) is 4.39 Å². The highest BCUT2D eigenvalue weighted by atomic mass is 79.9. The fraction of sp³-hybridized carbons (Fsp3) is 0.136. The maximum atomic E-state index is 13.4. The van der Waals surface area contributed by atoms with Crippen molar-refractivity contribution in [2.45, 2.75) is 20.1 Å². The summed E-state index contributed by atoms with van der Waals surface area (Å²) in [7, 11) is 0. The number of aryl methyl sites for hydroxylation is 1. The summed E-state index contributed by atoms with van der Waals surface area (Å²) in [5.41, 5.74) is 2.21. The third kappa shape index (κ3) is 5.18. The molecular weight excluding hydrogens is 467 g/mol. The van der Waals surface area contributed by atoms with Gasteiger partial charge in [0.1, 0.15) is 23.9 Å². The number of anilines is 1. The molecule has 158 valence electrons. The van der Waals surface area contributed by atoms with Crippen LogP contribution in [0, 0.1) is 12.7 Å². The molecule has 2 heterocycles. The molecule has 0 spiro atoms. The van der Waals surface area contributed by atoms with Crippen LogP contribution in [-0.2, 0) is 13.2 Å². The summed E-state index contributed by atoms with van der Waals surface area (Å²) in [6, 6.07) is 13.2. The average Bonchev–Trinajstić information content (AvgIpc) is 3.31. The smallest absolute Gasteiger partial charge is 0.278 e. The van der Waals surface area contributed by atoms with Crippen LogP contribution in [0.25, 0.3) is 0 Å². The van der Waals surface area contributed by atoms with Gasteiger partial charge < -0.3 is 14.6 Å². The van der Waals surface area contributed by atoms with Crippen molar-refractivity contribution in [1.29, 1.82) is 0 Å². The van der Waals surface area contributed by atoms with Crippen molar-refractivity contribution in [2.75, 3.05) is 5.32 Å². The van der Waals surface area contributed by atoms with Crippen molar-refractivity contribution in [3.63, 3.8) is 0 Å². The van der Waals surface area contributed by atoms with Gasteiger partial charge in [0.15, 0.2) is 5.69 Å². The van der Waals surface area contributed by atoms with E-state index >= 15 is 0 Å². The molecule has 0 aliphatic heterocycles. The van der Waals surface area contributed by atoms with E-state index in [1.807, 2.05) is 24.4 Å². The molecule has 0 aliphatic carbocycles. The molecule has 9 heteroatoms. The first-order valence-corrected chi connectivity index (χ1v) is 10.2. The second-order valence-electron chi connectivity index (χ2n) is 6.82. The number of amides is 1. The molecule has 1 amide bonds. The molecule has 7 nitrogen and oxygen atoms in total. The van der Waals surface area contributed by atoms with Crippen LogP contribution in [0.2, 0.25) is 0 Å². The van der Waals surface area contributed by atoms with E-state index in [0.717, 1.165) is 10.0 Å². The zero-order valence-corrected chi connectivity index (χ0v) is 18.1. The van der Waals surface area contributed by atoms with Gasteiger partial charge in [0, 0.05) is 18.0 Å². The second kappa shape index (κ2) is 9.13. The summed E-state index contributed by atoms with van der Waals surface area (Å²) >= 11 is 3.37. The molecule has 2 aromatic carbocycles. The van der Waals surface area contributed by atoms with Gasteiger partial charge in [-0.15, -0.1) is 0 Å². The Bertz CT molecular complexity index is 1220. The molecule has 0 unspecified atom stereocenters. The quantitative estimate of drug-likeness (QED) is 0.400. The Balaban J connectivity index is 1.46. The van der Waals surface area contributed by atoms with Crippen LogP contribution in [0.1, 0.15) is 27.4 Å². The van der Waals surface area contributed by atoms with Gasteiger partial charge >= 0.3 is 0 Å². The lowest BCUT2D eigenvalue weighted by atomic mass is 10.1. The molecule has 2 aromatic heterocycles. The van der Waals surface area contributed by atoms with Crippen molar-refractivity contribution < 1.29 is 18.4 Å². The van der Waals surface area contributed by atoms with Gasteiger partial charge in [0.25, 0.3) is 5.91 Å². The highest BCUT2D eigenvalue weighted by Crippen LogP contribution is 2.20. The topological polar surface area (TPSA) is 82.2 Å². The monoisotopic (exact) mass is 484 g/mol. The molecule has 0 atom stereocenters. The van der Waals surface area contributed by atoms with E-state index in [1.54, 1.807) is 36.0 Å². The lowest BCUT2D eigenvalue weighted by Crippen LogP contribution is -2.15. The first kappa shape index (κ1) is 20.8. The number of aromatic nitrogens is 3. The Morgan fingerprint density at radius 2 is 2.10 bits per heavy atom. The first-order chi connectivity index (χ1) is 15.0. The number of nitrogens with one attached hydrogen (secondary N) is 1. The highest BCUT2D eigenvalue weighted by molar-refractivity contribution is 9.10. The van der Waals surface area contributed by atoms with Crippen LogP contribution in [0.15, 0.2) is 69.9 Å². The van der Waals surface area contributed by atoms with Crippen LogP contribution in [-0.4, -0.2) is 20.8 Å². The second-order valence-corrected chi connectivity index (χ2v) is 7.74. The van der Waals surface area contributed by atoms with E-state index in [2.05, 4.69) is 31.5 Å². The van der Waals surface area contributed by atoms with E-state index in [1.165, 1.54) is 12.1 Å². The summed E-state index contributed by atoms with van der Waals surface area (Å²) in [5.74, 6) is -0.0157. The minimum atomic E-state index is -0.423. The van der Waals surface area contributed by atoms with Gasteiger partial charge in [-0.2, -0.15) is 5.10 Å². The number of hydrogen-bond donors (Lipinski definition) is 1. The fourth-order valence-corrected chi connectivity index (χ4v) is 3.33. The Kier molecular flexibility index (Phi) is 6.13. The number of rotatable bonds is 7.